The Bertz CT molecular complexity index is 868. The third-order valence-electron chi connectivity index (χ3n) is 6.84. The molecule has 2 saturated heterocycles. The number of benzene rings is 2. The van der Waals surface area contributed by atoms with Crippen molar-refractivity contribution >= 4 is 5.96 Å². The number of fused-ring (bicyclic) bond motifs is 2. The molecule has 0 radical (unpaired) electrons. The summed E-state index contributed by atoms with van der Waals surface area (Å²) in [6.07, 6.45) is 5.96. The number of hydrogen-bond acceptors (Lipinski definition) is 3. The zero-order valence-electron chi connectivity index (χ0n) is 19.1. The number of hydrogen-bond donors (Lipinski definition) is 2. The van der Waals surface area contributed by atoms with Gasteiger partial charge in [0.2, 0.25) is 0 Å². The number of piperidine rings is 1. The van der Waals surface area contributed by atoms with Crippen LogP contribution in [0.4, 0.5) is 0 Å². The zero-order valence-corrected chi connectivity index (χ0v) is 19.1. The highest BCUT2D eigenvalue weighted by atomic mass is 16.5. The van der Waals surface area contributed by atoms with Gasteiger partial charge in [-0.15, -0.1) is 0 Å². The number of nitrogens with zero attached hydrogens (tertiary/aromatic N) is 2. The Morgan fingerprint density at radius 2 is 1.81 bits per heavy atom. The molecule has 166 valence electrons. The topological polar surface area (TPSA) is 48.9 Å². The van der Waals surface area contributed by atoms with Gasteiger partial charge in [0.1, 0.15) is 5.75 Å². The fourth-order valence-electron chi connectivity index (χ4n) is 5.18. The standard InChI is InChI=1S/C26H36N4O/c1-19-9-10-20(15-25(19)31-3)13-14-28-26(27-2)29-22-16-23-11-12-24(17-22)30(23)18-21-7-5-4-6-8-21/h4-10,15,22-24H,11-14,16-18H2,1-3H3,(H2,27,28,29). The summed E-state index contributed by atoms with van der Waals surface area (Å²) in [6.45, 7) is 4.01. The van der Waals surface area contributed by atoms with Gasteiger partial charge in [0.05, 0.1) is 7.11 Å². The lowest BCUT2D eigenvalue weighted by Crippen LogP contribution is -2.52. The molecule has 2 unspecified atom stereocenters. The molecule has 0 spiro atoms. The maximum Gasteiger partial charge on any atom is 0.191 e. The first kappa shape index (κ1) is 21.7. The Labute approximate surface area is 186 Å². The fourth-order valence-corrected chi connectivity index (χ4v) is 5.18. The normalized spacial score (nSPS) is 23.6. The van der Waals surface area contributed by atoms with Crippen molar-refractivity contribution in [2.75, 3.05) is 20.7 Å². The second-order valence-electron chi connectivity index (χ2n) is 8.91. The van der Waals surface area contributed by atoms with Crippen LogP contribution in [0.2, 0.25) is 0 Å². The molecule has 0 amide bonds. The maximum absolute atomic E-state index is 5.45. The largest absolute Gasteiger partial charge is 0.496 e. The number of methoxy groups -OCH3 is 1. The molecule has 0 aromatic heterocycles. The molecule has 2 aromatic rings. The fraction of sp³-hybridized carbons (Fsp3) is 0.500. The summed E-state index contributed by atoms with van der Waals surface area (Å²) >= 11 is 0. The average molecular weight is 421 g/mol. The van der Waals surface area contributed by atoms with Crippen LogP contribution in [-0.4, -0.2) is 49.7 Å². The zero-order chi connectivity index (χ0) is 21.6. The van der Waals surface area contributed by atoms with Crippen LogP contribution < -0.4 is 15.4 Å². The lowest BCUT2D eigenvalue weighted by molar-refractivity contribution is 0.114. The van der Waals surface area contributed by atoms with Crippen molar-refractivity contribution < 1.29 is 4.74 Å². The molecule has 5 heteroatoms. The molecule has 2 aliphatic heterocycles. The van der Waals surface area contributed by atoms with Gasteiger partial charge in [-0.3, -0.25) is 9.89 Å². The molecule has 2 fully saturated rings. The molecule has 2 aliphatic rings. The van der Waals surface area contributed by atoms with Gasteiger partial charge in [0.25, 0.3) is 0 Å². The molecule has 2 aromatic carbocycles. The summed E-state index contributed by atoms with van der Waals surface area (Å²) in [7, 11) is 3.60. The molecule has 2 heterocycles. The van der Waals surface area contributed by atoms with Crippen LogP contribution in [0.3, 0.4) is 0 Å². The molecule has 4 rings (SSSR count). The minimum Gasteiger partial charge on any atom is -0.496 e. The van der Waals surface area contributed by atoms with Crippen molar-refractivity contribution in [1.82, 2.24) is 15.5 Å². The number of rotatable bonds is 7. The van der Waals surface area contributed by atoms with E-state index in [2.05, 4.69) is 76.0 Å². The van der Waals surface area contributed by atoms with Crippen LogP contribution in [0.15, 0.2) is 53.5 Å². The molecule has 0 aliphatic carbocycles. The van der Waals surface area contributed by atoms with Crippen molar-refractivity contribution in [2.45, 2.75) is 63.7 Å². The van der Waals surface area contributed by atoms with E-state index in [9.17, 15) is 0 Å². The van der Waals surface area contributed by atoms with Gasteiger partial charge in [-0.25, -0.2) is 0 Å². The van der Waals surface area contributed by atoms with Crippen LogP contribution >= 0.6 is 0 Å². The number of guanidine groups is 1. The van der Waals surface area contributed by atoms with Crippen molar-refractivity contribution in [1.29, 1.82) is 0 Å². The summed E-state index contributed by atoms with van der Waals surface area (Å²) < 4.78 is 5.45. The van der Waals surface area contributed by atoms with E-state index in [1.54, 1.807) is 7.11 Å². The van der Waals surface area contributed by atoms with E-state index in [1.165, 1.54) is 42.4 Å². The molecule has 2 atom stereocenters. The average Bonchev–Trinajstić information content (AvgIpc) is 3.02. The molecule has 5 nitrogen and oxygen atoms in total. The Hall–Kier alpha value is -2.53. The van der Waals surface area contributed by atoms with Crippen molar-refractivity contribution in [2.24, 2.45) is 4.99 Å². The second kappa shape index (κ2) is 10.2. The predicted octanol–water partition coefficient (Wildman–Crippen LogP) is 3.91. The molecule has 2 bridgehead atoms. The monoisotopic (exact) mass is 420 g/mol. The van der Waals surface area contributed by atoms with E-state index < -0.39 is 0 Å². The van der Waals surface area contributed by atoms with Crippen LogP contribution in [0.1, 0.15) is 42.4 Å². The summed E-state index contributed by atoms with van der Waals surface area (Å²) in [5.74, 6) is 1.87. The highest BCUT2D eigenvalue weighted by Gasteiger charge is 2.40. The van der Waals surface area contributed by atoms with Crippen LogP contribution in [0.25, 0.3) is 0 Å². The van der Waals surface area contributed by atoms with Gasteiger partial charge in [-0.1, -0.05) is 42.5 Å². The van der Waals surface area contributed by atoms with Gasteiger partial charge in [0.15, 0.2) is 5.96 Å². The molecular formula is C26H36N4O. The number of nitrogens with one attached hydrogen (secondary N) is 2. The van der Waals surface area contributed by atoms with E-state index in [-0.39, 0.29) is 0 Å². The highest BCUT2D eigenvalue weighted by molar-refractivity contribution is 5.80. The first-order chi connectivity index (χ1) is 15.2. The first-order valence-electron chi connectivity index (χ1n) is 11.6. The predicted molar refractivity (Wildman–Crippen MR) is 128 cm³/mol. The van der Waals surface area contributed by atoms with Crippen LogP contribution in [-0.2, 0) is 13.0 Å². The van der Waals surface area contributed by atoms with E-state index in [4.69, 9.17) is 4.74 Å². The Balaban J connectivity index is 1.26. The molecule has 0 saturated carbocycles. The number of aryl methyl sites for hydroxylation is 1. The van der Waals surface area contributed by atoms with E-state index in [1.807, 2.05) is 7.05 Å². The smallest absolute Gasteiger partial charge is 0.191 e. The van der Waals surface area contributed by atoms with Crippen molar-refractivity contribution in [3.8, 4) is 5.75 Å². The van der Waals surface area contributed by atoms with Crippen molar-refractivity contribution in [3.63, 3.8) is 0 Å². The summed E-state index contributed by atoms with van der Waals surface area (Å²) in [4.78, 5) is 7.21. The molecular weight excluding hydrogens is 384 g/mol. The maximum atomic E-state index is 5.45. The second-order valence-corrected chi connectivity index (χ2v) is 8.91. The van der Waals surface area contributed by atoms with Crippen molar-refractivity contribution in [3.05, 3.63) is 65.2 Å². The Kier molecular flexibility index (Phi) is 7.13. The quantitative estimate of drug-likeness (QED) is 0.527. The summed E-state index contributed by atoms with van der Waals surface area (Å²) in [5.41, 5.74) is 3.87. The van der Waals surface area contributed by atoms with Gasteiger partial charge >= 0.3 is 0 Å². The van der Waals surface area contributed by atoms with Gasteiger partial charge in [0, 0.05) is 38.3 Å². The SMILES string of the molecule is CN=C(NCCc1ccc(C)c(OC)c1)NC1CC2CCC(C1)N2Cc1ccccc1. The lowest BCUT2D eigenvalue weighted by atomic mass is 9.96. The lowest BCUT2D eigenvalue weighted by Gasteiger charge is -2.39. The summed E-state index contributed by atoms with van der Waals surface area (Å²) in [6, 6.07) is 19.2. The van der Waals surface area contributed by atoms with E-state index in [0.717, 1.165) is 31.2 Å². The summed E-state index contributed by atoms with van der Waals surface area (Å²) in [5, 5.41) is 7.20. The third-order valence-corrected chi connectivity index (χ3v) is 6.84. The molecule has 31 heavy (non-hydrogen) atoms. The van der Waals surface area contributed by atoms with Crippen LogP contribution in [0, 0.1) is 6.92 Å². The van der Waals surface area contributed by atoms with Crippen LogP contribution in [0.5, 0.6) is 5.75 Å². The highest BCUT2D eigenvalue weighted by Crippen LogP contribution is 2.36. The number of aliphatic imine (C=N–C) groups is 1. The minimum atomic E-state index is 0.496. The Morgan fingerprint density at radius 1 is 1.06 bits per heavy atom. The Morgan fingerprint density at radius 3 is 2.48 bits per heavy atom. The van der Waals surface area contributed by atoms with E-state index in [0.29, 0.717) is 18.1 Å². The number of ether oxygens (including phenoxy) is 1. The van der Waals surface area contributed by atoms with Gasteiger partial charge in [-0.05, 0) is 61.8 Å². The minimum absolute atomic E-state index is 0.496. The van der Waals surface area contributed by atoms with Gasteiger partial charge in [-0.2, -0.15) is 0 Å². The third kappa shape index (κ3) is 5.40. The van der Waals surface area contributed by atoms with Gasteiger partial charge < -0.3 is 15.4 Å². The molecule has 2 N–H and O–H groups in total. The first-order valence-corrected chi connectivity index (χ1v) is 11.6. The van der Waals surface area contributed by atoms with E-state index >= 15 is 0 Å².